The van der Waals surface area contributed by atoms with E-state index < -0.39 is 0 Å². The van der Waals surface area contributed by atoms with E-state index in [4.69, 9.17) is 0 Å². The Hall–Kier alpha value is -1.18. The lowest BCUT2D eigenvalue weighted by Gasteiger charge is -2.32. The average Bonchev–Trinajstić information content (AvgIpc) is 2.78. The fraction of sp³-hybridized carbons (Fsp3) is 0.667. The fourth-order valence-electron chi connectivity index (χ4n) is 1.99. The van der Waals surface area contributed by atoms with Crippen molar-refractivity contribution < 1.29 is 4.79 Å². The van der Waals surface area contributed by atoms with Crippen molar-refractivity contribution in [2.45, 2.75) is 6.92 Å². The first-order valence-electron chi connectivity index (χ1n) is 6.51. The highest BCUT2D eigenvalue weighted by molar-refractivity contribution is 7.14. The van der Waals surface area contributed by atoms with Crippen molar-refractivity contribution in [1.82, 2.24) is 14.8 Å². The Kier molecular flexibility index (Phi) is 5.12. The summed E-state index contributed by atoms with van der Waals surface area (Å²) in [6.45, 7) is 7.95. The van der Waals surface area contributed by atoms with Crippen LogP contribution in [0.4, 0.5) is 10.9 Å². The van der Waals surface area contributed by atoms with Crippen LogP contribution in [0.5, 0.6) is 0 Å². The zero-order valence-corrected chi connectivity index (χ0v) is 12.3. The van der Waals surface area contributed by atoms with E-state index in [-0.39, 0.29) is 5.91 Å². The Labute approximate surface area is 117 Å². The molecule has 1 aliphatic heterocycles. The third-order valence-electron chi connectivity index (χ3n) is 3.11. The molecule has 0 atom stereocenters. The molecule has 1 aromatic heterocycles. The Morgan fingerprint density at radius 1 is 1.42 bits per heavy atom. The van der Waals surface area contributed by atoms with Crippen molar-refractivity contribution in [2.75, 3.05) is 56.9 Å². The molecule has 1 fully saturated rings. The van der Waals surface area contributed by atoms with Crippen LogP contribution in [0, 0.1) is 0 Å². The molecule has 1 saturated heterocycles. The number of thiazole rings is 1. The summed E-state index contributed by atoms with van der Waals surface area (Å²) in [6, 6.07) is 0. The average molecular weight is 283 g/mol. The first-order valence-corrected chi connectivity index (χ1v) is 7.39. The molecular formula is C12H21N5OS. The second-order valence-corrected chi connectivity index (χ2v) is 5.65. The maximum absolute atomic E-state index is 10.9. The molecule has 1 aromatic rings. The van der Waals surface area contributed by atoms with Crippen molar-refractivity contribution in [1.29, 1.82) is 0 Å². The van der Waals surface area contributed by atoms with Crippen LogP contribution in [0.3, 0.4) is 0 Å². The number of hydrogen-bond donors (Lipinski definition) is 2. The molecule has 1 amide bonds. The predicted octanol–water partition coefficient (Wildman–Crippen LogP) is 0.761. The van der Waals surface area contributed by atoms with Crippen LogP contribution < -0.4 is 10.6 Å². The van der Waals surface area contributed by atoms with Gasteiger partial charge in [0, 0.05) is 51.6 Å². The van der Waals surface area contributed by atoms with Crippen LogP contribution >= 0.6 is 11.3 Å². The molecule has 0 unspecified atom stereocenters. The van der Waals surface area contributed by atoms with Crippen LogP contribution in [0.2, 0.25) is 0 Å². The highest BCUT2D eigenvalue weighted by atomic mass is 32.1. The van der Waals surface area contributed by atoms with E-state index in [0.29, 0.717) is 5.82 Å². The van der Waals surface area contributed by atoms with Gasteiger partial charge in [-0.05, 0) is 7.05 Å². The molecule has 6 nitrogen and oxygen atoms in total. The number of rotatable bonds is 5. The van der Waals surface area contributed by atoms with E-state index in [1.54, 1.807) is 0 Å². The van der Waals surface area contributed by atoms with E-state index in [2.05, 4.69) is 32.5 Å². The molecule has 2 heterocycles. The van der Waals surface area contributed by atoms with E-state index in [0.717, 1.165) is 44.4 Å². The van der Waals surface area contributed by atoms with Gasteiger partial charge in [-0.2, -0.15) is 0 Å². The van der Waals surface area contributed by atoms with E-state index in [1.807, 2.05) is 5.38 Å². The van der Waals surface area contributed by atoms with Gasteiger partial charge in [0.2, 0.25) is 5.91 Å². The van der Waals surface area contributed by atoms with Crippen molar-refractivity contribution in [3.63, 3.8) is 0 Å². The van der Waals surface area contributed by atoms with Crippen molar-refractivity contribution in [3.05, 3.63) is 5.38 Å². The predicted molar refractivity (Wildman–Crippen MR) is 78.8 cm³/mol. The second-order valence-electron chi connectivity index (χ2n) is 4.79. The van der Waals surface area contributed by atoms with E-state index in [1.165, 1.54) is 18.3 Å². The van der Waals surface area contributed by atoms with Gasteiger partial charge in [0.25, 0.3) is 0 Å². The number of carbonyl (C=O) groups excluding carboxylic acids is 1. The van der Waals surface area contributed by atoms with E-state index >= 15 is 0 Å². The minimum atomic E-state index is -0.0886. The van der Waals surface area contributed by atoms with Crippen molar-refractivity contribution in [3.8, 4) is 0 Å². The van der Waals surface area contributed by atoms with Gasteiger partial charge in [-0.25, -0.2) is 4.98 Å². The monoisotopic (exact) mass is 283 g/mol. The molecule has 106 valence electrons. The standard InChI is InChI=1S/C12H21N5OS/c1-10(18)14-11-9-19-12(15-11)13-3-4-17-7-5-16(2)6-8-17/h9H,3-8H2,1-2H3,(H,13,15)(H,14,18). The Morgan fingerprint density at radius 3 is 2.84 bits per heavy atom. The summed E-state index contributed by atoms with van der Waals surface area (Å²) < 4.78 is 0. The summed E-state index contributed by atoms with van der Waals surface area (Å²) in [7, 11) is 2.16. The Bertz CT molecular complexity index is 414. The first kappa shape index (κ1) is 14.2. The molecule has 0 spiro atoms. The number of amides is 1. The minimum absolute atomic E-state index is 0.0886. The fourth-order valence-corrected chi connectivity index (χ4v) is 2.66. The lowest BCUT2D eigenvalue weighted by Crippen LogP contribution is -2.45. The van der Waals surface area contributed by atoms with Crippen LogP contribution in [-0.4, -0.2) is 67.0 Å². The second kappa shape index (κ2) is 6.83. The van der Waals surface area contributed by atoms with Gasteiger partial charge >= 0.3 is 0 Å². The minimum Gasteiger partial charge on any atom is -0.360 e. The van der Waals surface area contributed by atoms with Gasteiger partial charge in [-0.1, -0.05) is 0 Å². The van der Waals surface area contributed by atoms with Gasteiger partial charge in [0.15, 0.2) is 5.13 Å². The smallest absolute Gasteiger partial charge is 0.222 e. The molecule has 0 saturated carbocycles. The molecule has 0 radical (unpaired) electrons. The van der Waals surface area contributed by atoms with Gasteiger partial charge in [-0.15, -0.1) is 11.3 Å². The first-order chi connectivity index (χ1) is 9.13. The topological polar surface area (TPSA) is 60.5 Å². The third-order valence-corrected chi connectivity index (χ3v) is 3.91. The molecule has 1 aliphatic rings. The SMILES string of the molecule is CC(=O)Nc1csc(NCCN2CCN(C)CC2)n1. The third kappa shape index (κ3) is 4.77. The van der Waals surface area contributed by atoms with Crippen molar-refractivity contribution in [2.24, 2.45) is 0 Å². The van der Waals surface area contributed by atoms with Gasteiger partial charge in [0.05, 0.1) is 0 Å². The number of carbonyl (C=O) groups is 1. The zero-order chi connectivity index (χ0) is 13.7. The molecule has 19 heavy (non-hydrogen) atoms. The van der Waals surface area contributed by atoms with Gasteiger partial charge < -0.3 is 15.5 Å². The van der Waals surface area contributed by atoms with Crippen molar-refractivity contribution >= 4 is 28.2 Å². The number of nitrogens with zero attached hydrogens (tertiary/aromatic N) is 3. The number of hydrogen-bond acceptors (Lipinski definition) is 6. The van der Waals surface area contributed by atoms with Crippen LogP contribution in [0.1, 0.15) is 6.92 Å². The Morgan fingerprint density at radius 2 is 2.16 bits per heavy atom. The molecule has 0 bridgehead atoms. The number of likely N-dealkylation sites (N-methyl/N-ethyl adjacent to an activating group) is 1. The summed E-state index contributed by atoms with van der Waals surface area (Å²) in [5.41, 5.74) is 0. The van der Waals surface area contributed by atoms with Crippen LogP contribution in [0.15, 0.2) is 5.38 Å². The molecular weight excluding hydrogens is 262 g/mol. The Balaban J connectivity index is 1.68. The number of piperazine rings is 1. The highest BCUT2D eigenvalue weighted by Crippen LogP contribution is 2.18. The molecule has 2 rings (SSSR count). The lowest BCUT2D eigenvalue weighted by molar-refractivity contribution is -0.114. The van der Waals surface area contributed by atoms with Crippen LogP contribution in [0.25, 0.3) is 0 Å². The summed E-state index contributed by atoms with van der Waals surface area (Å²) in [5.74, 6) is 0.536. The van der Waals surface area contributed by atoms with Crippen LogP contribution in [-0.2, 0) is 4.79 Å². The number of aromatic nitrogens is 1. The summed E-state index contributed by atoms with van der Waals surface area (Å²) >= 11 is 1.51. The quantitative estimate of drug-likeness (QED) is 0.835. The summed E-state index contributed by atoms with van der Waals surface area (Å²) in [5, 5.41) is 8.68. The maximum atomic E-state index is 10.9. The van der Waals surface area contributed by atoms with E-state index in [9.17, 15) is 4.79 Å². The number of nitrogens with one attached hydrogen (secondary N) is 2. The zero-order valence-electron chi connectivity index (χ0n) is 11.5. The highest BCUT2D eigenvalue weighted by Gasteiger charge is 2.13. The van der Waals surface area contributed by atoms with Gasteiger partial charge in [-0.3, -0.25) is 9.69 Å². The molecule has 0 aromatic carbocycles. The lowest BCUT2D eigenvalue weighted by atomic mass is 10.3. The molecule has 7 heteroatoms. The summed E-state index contributed by atoms with van der Waals surface area (Å²) in [6.07, 6.45) is 0. The molecule has 2 N–H and O–H groups in total. The normalized spacial score (nSPS) is 17.4. The largest absolute Gasteiger partial charge is 0.360 e. The summed E-state index contributed by atoms with van der Waals surface area (Å²) in [4.78, 5) is 20.0. The number of anilines is 2. The maximum Gasteiger partial charge on any atom is 0.222 e. The van der Waals surface area contributed by atoms with Gasteiger partial charge in [0.1, 0.15) is 5.82 Å². The molecule has 0 aliphatic carbocycles.